The van der Waals surface area contributed by atoms with Gasteiger partial charge in [-0.15, -0.1) is 0 Å². The van der Waals surface area contributed by atoms with Gasteiger partial charge in [0.15, 0.2) is 0 Å². The van der Waals surface area contributed by atoms with Crippen LogP contribution in [0.15, 0.2) is 4.52 Å². The van der Waals surface area contributed by atoms with E-state index in [0.717, 1.165) is 0 Å². The Morgan fingerprint density at radius 2 is 2.21 bits per heavy atom. The molecule has 5 heteroatoms. The predicted octanol–water partition coefficient (Wildman–Crippen LogP) is 0.0745. The zero-order chi connectivity index (χ0) is 10.3. The van der Waals surface area contributed by atoms with Crippen LogP contribution >= 0.6 is 0 Å². The third-order valence-corrected chi connectivity index (χ3v) is 2.44. The quantitative estimate of drug-likeness (QED) is 0.688. The maximum Gasteiger partial charge on any atom is 0.259 e. The SMILES string of the molecule is Cc1noc(C)c1C(=O)N1CC(N)C1. The summed E-state index contributed by atoms with van der Waals surface area (Å²) in [6.45, 7) is 4.77. The third-order valence-electron chi connectivity index (χ3n) is 2.44. The standard InChI is InChI=1S/C9H13N3O2/c1-5-8(6(2)14-11-5)9(13)12-3-7(10)4-12/h7H,3-4,10H2,1-2H3. The second-order valence-electron chi connectivity index (χ2n) is 3.67. The molecule has 0 radical (unpaired) electrons. The Bertz CT molecular complexity index is 347. The monoisotopic (exact) mass is 195 g/mol. The number of nitrogens with two attached hydrogens (primary N) is 1. The van der Waals surface area contributed by atoms with Crippen molar-refractivity contribution in [3.63, 3.8) is 0 Å². The molecule has 14 heavy (non-hydrogen) atoms. The van der Waals surface area contributed by atoms with Gasteiger partial charge in [-0.1, -0.05) is 5.16 Å². The number of amides is 1. The van der Waals surface area contributed by atoms with Crippen LogP contribution in [0.25, 0.3) is 0 Å². The molecule has 2 N–H and O–H groups in total. The molecule has 1 aliphatic rings. The summed E-state index contributed by atoms with van der Waals surface area (Å²) in [7, 11) is 0. The van der Waals surface area contributed by atoms with Crippen molar-refractivity contribution in [3.8, 4) is 0 Å². The van der Waals surface area contributed by atoms with Crippen LogP contribution in [-0.4, -0.2) is 35.1 Å². The zero-order valence-electron chi connectivity index (χ0n) is 8.28. The predicted molar refractivity (Wildman–Crippen MR) is 49.9 cm³/mol. The zero-order valence-corrected chi connectivity index (χ0v) is 8.28. The van der Waals surface area contributed by atoms with E-state index in [9.17, 15) is 4.79 Å². The summed E-state index contributed by atoms with van der Waals surface area (Å²) >= 11 is 0. The van der Waals surface area contributed by atoms with Crippen molar-refractivity contribution >= 4 is 5.91 Å². The number of likely N-dealkylation sites (tertiary alicyclic amines) is 1. The van der Waals surface area contributed by atoms with E-state index in [1.54, 1.807) is 18.7 Å². The molecule has 1 aromatic heterocycles. The Kier molecular flexibility index (Phi) is 2.03. The summed E-state index contributed by atoms with van der Waals surface area (Å²) in [5.41, 5.74) is 6.83. The van der Waals surface area contributed by atoms with Gasteiger partial charge in [0, 0.05) is 19.1 Å². The van der Waals surface area contributed by atoms with E-state index in [1.165, 1.54) is 0 Å². The van der Waals surface area contributed by atoms with Gasteiger partial charge in [-0.2, -0.15) is 0 Å². The van der Waals surface area contributed by atoms with Crippen LogP contribution in [0.1, 0.15) is 21.8 Å². The molecule has 0 aliphatic carbocycles. The lowest BCUT2D eigenvalue weighted by molar-refractivity contribution is 0.0605. The molecule has 1 saturated heterocycles. The van der Waals surface area contributed by atoms with Crippen molar-refractivity contribution in [1.29, 1.82) is 0 Å². The number of carbonyl (C=O) groups is 1. The fourth-order valence-corrected chi connectivity index (χ4v) is 1.62. The van der Waals surface area contributed by atoms with E-state index in [0.29, 0.717) is 30.1 Å². The lowest BCUT2D eigenvalue weighted by Crippen LogP contribution is -2.57. The Hall–Kier alpha value is -1.36. The van der Waals surface area contributed by atoms with E-state index >= 15 is 0 Å². The first kappa shape index (κ1) is 9.21. The summed E-state index contributed by atoms with van der Waals surface area (Å²) in [5.74, 6) is 0.552. The van der Waals surface area contributed by atoms with Crippen LogP contribution in [0.4, 0.5) is 0 Å². The molecular formula is C9H13N3O2. The molecule has 76 valence electrons. The van der Waals surface area contributed by atoms with Crippen molar-refractivity contribution in [1.82, 2.24) is 10.1 Å². The second kappa shape index (κ2) is 3.09. The first-order chi connectivity index (χ1) is 6.59. The first-order valence-corrected chi connectivity index (χ1v) is 4.57. The topological polar surface area (TPSA) is 72.4 Å². The van der Waals surface area contributed by atoms with E-state index < -0.39 is 0 Å². The van der Waals surface area contributed by atoms with Crippen molar-refractivity contribution in [2.24, 2.45) is 5.73 Å². The molecule has 2 rings (SSSR count). The Balaban J connectivity index is 2.19. The van der Waals surface area contributed by atoms with E-state index in [-0.39, 0.29) is 11.9 Å². The highest BCUT2D eigenvalue weighted by molar-refractivity contribution is 5.96. The van der Waals surface area contributed by atoms with Gasteiger partial charge in [-0.25, -0.2) is 0 Å². The molecule has 1 amide bonds. The minimum atomic E-state index is -0.0250. The molecule has 0 aromatic carbocycles. The fourth-order valence-electron chi connectivity index (χ4n) is 1.62. The molecule has 5 nitrogen and oxygen atoms in total. The average molecular weight is 195 g/mol. The minimum absolute atomic E-state index is 0.0250. The molecule has 0 atom stereocenters. The molecule has 1 aromatic rings. The molecule has 0 bridgehead atoms. The van der Waals surface area contributed by atoms with Gasteiger partial charge >= 0.3 is 0 Å². The van der Waals surface area contributed by atoms with Gasteiger partial charge in [0.25, 0.3) is 5.91 Å². The van der Waals surface area contributed by atoms with Crippen molar-refractivity contribution < 1.29 is 9.32 Å². The molecule has 0 saturated carbocycles. The normalized spacial score (nSPS) is 16.9. The second-order valence-corrected chi connectivity index (χ2v) is 3.67. The smallest absolute Gasteiger partial charge is 0.259 e. The third kappa shape index (κ3) is 1.29. The van der Waals surface area contributed by atoms with Crippen LogP contribution in [-0.2, 0) is 0 Å². The number of aromatic nitrogens is 1. The molecule has 1 fully saturated rings. The van der Waals surface area contributed by atoms with Gasteiger partial charge in [0.05, 0.1) is 5.69 Å². The van der Waals surface area contributed by atoms with Gasteiger partial charge in [-0.3, -0.25) is 4.79 Å². The first-order valence-electron chi connectivity index (χ1n) is 4.57. The highest BCUT2D eigenvalue weighted by atomic mass is 16.5. The lowest BCUT2D eigenvalue weighted by atomic mass is 10.1. The van der Waals surface area contributed by atoms with Gasteiger partial charge < -0.3 is 15.2 Å². The lowest BCUT2D eigenvalue weighted by Gasteiger charge is -2.36. The summed E-state index contributed by atoms with van der Waals surface area (Å²) in [5, 5.41) is 3.74. The summed E-state index contributed by atoms with van der Waals surface area (Å²) < 4.78 is 4.93. The van der Waals surface area contributed by atoms with Crippen LogP contribution in [0.2, 0.25) is 0 Å². The van der Waals surface area contributed by atoms with Gasteiger partial charge in [0.2, 0.25) is 0 Å². The molecule has 0 spiro atoms. The Morgan fingerprint density at radius 3 is 2.64 bits per heavy atom. The average Bonchev–Trinajstić information content (AvgIpc) is 2.40. The highest BCUT2D eigenvalue weighted by Crippen LogP contribution is 2.18. The number of carbonyl (C=O) groups excluding carboxylic acids is 1. The number of nitrogens with zero attached hydrogens (tertiary/aromatic N) is 2. The summed E-state index contributed by atoms with van der Waals surface area (Å²) in [6.07, 6.45) is 0. The maximum absolute atomic E-state index is 11.8. The highest BCUT2D eigenvalue weighted by Gasteiger charge is 2.31. The fraction of sp³-hybridized carbons (Fsp3) is 0.556. The molecule has 1 aliphatic heterocycles. The van der Waals surface area contributed by atoms with E-state index in [4.69, 9.17) is 10.3 Å². The number of hydrogen-bond acceptors (Lipinski definition) is 4. The minimum Gasteiger partial charge on any atom is -0.361 e. The largest absolute Gasteiger partial charge is 0.361 e. The molecular weight excluding hydrogens is 182 g/mol. The number of hydrogen-bond donors (Lipinski definition) is 1. The van der Waals surface area contributed by atoms with Crippen LogP contribution in [0.5, 0.6) is 0 Å². The number of aryl methyl sites for hydroxylation is 2. The summed E-state index contributed by atoms with van der Waals surface area (Å²) in [6, 6.07) is 0.124. The van der Waals surface area contributed by atoms with Crippen molar-refractivity contribution in [2.75, 3.05) is 13.1 Å². The number of rotatable bonds is 1. The molecule has 0 unspecified atom stereocenters. The van der Waals surface area contributed by atoms with Crippen molar-refractivity contribution in [2.45, 2.75) is 19.9 Å². The van der Waals surface area contributed by atoms with E-state index in [2.05, 4.69) is 5.16 Å². The summed E-state index contributed by atoms with van der Waals surface area (Å²) in [4.78, 5) is 13.6. The maximum atomic E-state index is 11.8. The van der Waals surface area contributed by atoms with E-state index in [1.807, 2.05) is 0 Å². The molecule has 2 heterocycles. The Morgan fingerprint density at radius 1 is 1.57 bits per heavy atom. The van der Waals surface area contributed by atoms with Crippen molar-refractivity contribution in [3.05, 3.63) is 17.0 Å². The van der Waals surface area contributed by atoms with Gasteiger partial charge in [0.1, 0.15) is 11.3 Å². The van der Waals surface area contributed by atoms with Crippen LogP contribution < -0.4 is 5.73 Å². The van der Waals surface area contributed by atoms with Crippen LogP contribution in [0.3, 0.4) is 0 Å². The van der Waals surface area contributed by atoms with Crippen LogP contribution in [0, 0.1) is 13.8 Å². The Labute approximate surface area is 81.8 Å². The van der Waals surface area contributed by atoms with Gasteiger partial charge in [-0.05, 0) is 13.8 Å².